The number of fused-ring (bicyclic) bond motifs is 1. The molecule has 0 amide bonds. The number of nitrogens with zero attached hydrogens (tertiary/aromatic N) is 3. The lowest BCUT2D eigenvalue weighted by molar-refractivity contribution is 0.391. The zero-order valence-electron chi connectivity index (χ0n) is 10.7. The summed E-state index contributed by atoms with van der Waals surface area (Å²) in [6.07, 6.45) is 0. The Kier molecular flexibility index (Phi) is 2.94. The third-order valence-electron chi connectivity index (χ3n) is 2.81. The number of nitrogen functional groups attached to an aromatic ring is 1. The Morgan fingerprint density at radius 1 is 1.35 bits per heavy atom. The van der Waals surface area contributed by atoms with Crippen molar-refractivity contribution in [1.82, 2.24) is 15.1 Å². The lowest BCUT2D eigenvalue weighted by Gasteiger charge is -2.08. The molecule has 0 atom stereocenters. The van der Waals surface area contributed by atoms with Crippen molar-refractivity contribution in [3.05, 3.63) is 41.5 Å². The fourth-order valence-corrected chi connectivity index (χ4v) is 1.94. The van der Waals surface area contributed by atoms with Crippen LogP contribution in [0.25, 0.3) is 10.9 Å². The van der Waals surface area contributed by atoms with Gasteiger partial charge in [-0.05, 0) is 19.1 Å². The molecule has 7 heteroatoms. The molecule has 2 heterocycles. The van der Waals surface area contributed by atoms with E-state index >= 15 is 0 Å². The SMILES string of the molecule is Cc1cc(CNc2nc(N)nc3c(F)cccc23)no1. The minimum absolute atomic E-state index is 0.0152. The molecule has 0 fully saturated rings. The van der Waals surface area contributed by atoms with E-state index < -0.39 is 5.82 Å². The standard InChI is InChI=1S/C13H12FN5O/c1-7-5-8(19-20-7)6-16-12-9-3-2-4-10(14)11(9)17-13(15)18-12/h2-5H,6H2,1H3,(H3,15,16,17,18). The highest BCUT2D eigenvalue weighted by molar-refractivity contribution is 5.90. The third kappa shape index (κ3) is 2.25. The number of anilines is 2. The maximum atomic E-state index is 13.7. The van der Waals surface area contributed by atoms with Crippen LogP contribution in [0.5, 0.6) is 0 Å². The number of nitrogens with two attached hydrogens (primary N) is 1. The molecule has 0 unspecified atom stereocenters. The van der Waals surface area contributed by atoms with Crippen molar-refractivity contribution in [2.24, 2.45) is 0 Å². The van der Waals surface area contributed by atoms with Crippen LogP contribution in [0.15, 0.2) is 28.8 Å². The number of nitrogens with one attached hydrogen (secondary N) is 1. The zero-order chi connectivity index (χ0) is 14.1. The number of aryl methyl sites for hydroxylation is 1. The number of para-hydroxylation sites is 1. The van der Waals surface area contributed by atoms with Crippen LogP contribution >= 0.6 is 0 Å². The van der Waals surface area contributed by atoms with Crippen molar-refractivity contribution in [3.63, 3.8) is 0 Å². The molecule has 0 saturated carbocycles. The molecule has 20 heavy (non-hydrogen) atoms. The monoisotopic (exact) mass is 273 g/mol. The second kappa shape index (κ2) is 4.76. The smallest absolute Gasteiger partial charge is 0.222 e. The van der Waals surface area contributed by atoms with Crippen molar-refractivity contribution in [3.8, 4) is 0 Å². The summed E-state index contributed by atoms with van der Waals surface area (Å²) in [6.45, 7) is 2.21. The lowest BCUT2D eigenvalue weighted by atomic mass is 10.2. The summed E-state index contributed by atoms with van der Waals surface area (Å²) in [5, 5.41) is 7.50. The minimum atomic E-state index is -0.433. The number of hydrogen-bond acceptors (Lipinski definition) is 6. The van der Waals surface area contributed by atoms with Crippen molar-refractivity contribution in [1.29, 1.82) is 0 Å². The van der Waals surface area contributed by atoms with Crippen LogP contribution in [-0.2, 0) is 6.54 Å². The molecule has 2 aromatic heterocycles. The Labute approximate surface area is 113 Å². The number of benzene rings is 1. The molecule has 1 aromatic carbocycles. The summed E-state index contributed by atoms with van der Waals surface area (Å²) in [5.41, 5.74) is 6.52. The zero-order valence-corrected chi connectivity index (χ0v) is 10.7. The van der Waals surface area contributed by atoms with E-state index in [4.69, 9.17) is 10.3 Å². The van der Waals surface area contributed by atoms with Gasteiger partial charge in [0.05, 0.1) is 6.54 Å². The molecule has 0 aliphatic heterocycles. The topological polar surface area (TPSA) is 89.9 Å². The Balaban J connectivity index is 1.96. The quantitative estimate of drug-likeness (QED) is 0.760. The first kappa shape index (κ1) is 12.3. The van der Waals surface area contributed by atoms with E-state index in [0.717, 1.165) is 11.5 Å². The van der Waals surface area contributed by atoms with Crippen LogP contribution in [0.3, 0.4) is 0 Å². The Bertz CT molecular complexity index is 771. The van der Waals surface area contributed by atoms with Gasteiger partial charge in [0, 0.05) is 11.5 Å². The van der Waals surface area contributed by atoms with Crippen LogP contribution in [0.1, 0.15) is 11.5 Å². The first-order valence-electron chi connectivity index (χ1n) is 6.01. The molecular weight excluding hydrogens is 261 g/mol. The highest BCUT2D eigenvalue weighted by Crippen LogP contribution is 2.23. The fourth-order valence-electron chi connectivity index (χ4n) is 1.94. The van der Waals surface area contributed by atoms with E-state index in [9.17, 15) is 4.39 Å². The maximum absolute atomic E-state index is 13.7. The summed E-state index contributed by atoms with van der Waals surface area (Å²) in [6, 6.07) is 6.47. The van der Waals surface area contributed by atoms with Gasteiger partial charge >= 0.3 is 0 Å². The highest BCUT2D eigenvalue weighted by Gasteiger charge is 2.10. The van der Waals surface area contributed by atoms with E-state index in [1.807, 2.05) is 6.92 Å². The summed E-state index contributed by atoms with van der Waals surface area (Å²) in [7, 11) is 0. The maximum Gasteiger partial charge on any atom is 0.222 e. The highest BCUT2D eigenvalue weighted by atomic mass is 19.1. The molecule has 0 bridgehead atoms. The molecule has 0 radical (unpaired) electrons. The van der Waals surface area contributed by atoms with Gasteiger partial charge in [0.15, 0.2) is 0 Å². The third-order valence-corrected chi connectivity index (χ3v) is 2.81. The molecule has 0 aliphatic rings. The van der Waals surface area contributed by atoms with Crippen molar-refractivity contribution >= 4 is 22.7 Å². The second-order valence-corrected chi connectivity index (χ2v) is 4.35. The Hall–Kier alpha value is -2.70. The number of aromatic nitrogens is 3. The van der Waals surface area contributed by atoms with Crippen LogP contribution in [-0.4, -0.2) is 15.1 Å². The Morgan fingerprint density at radius 2 is 2.20 bits per heavy atom. The average Bonchev–Trinajstić information content (AvgIpc) is 2.83. The molecule has 0 saturated heterocycles. The molecule has 0 spiro atoms. The van der Waals surface area contributed by atoms with Gasteiger partial charge in [-0.15, -0.1) is 0 Å². The van der Waals surface area contributed by atoms with E-state index in [-0.39, 0.29) is 11.5 Å². The van der Waals surface area contributed by atoms with Gasteiger partial charge < -0.3 is 15.6 Å². The first-order valence-corrected chi connectivity index (χ1v) is 6.01. The van der Waals surface area contributed by atoms with Crippen molar-refractivity contribution < 1.29 is 8.91 Å². The average molecular weight is 273 g/mol. The largest absolute Gasteiger partial charge is 0.368 e. The van der Waals surface area contributed by atoms with Gasteiger partial charge in [-0.3, -0.25) is 0 Å². The van der Waals surface area contributed by atoms with Gasteiger partial charge in [0.1, 0.15) is 28.6 Å². The van der Waals surface area contributed by atoms with Crippen LogP contribution < -0.4 is 11.1 Å². The fraction of sp³-hybridized carbons (Fsp3) is 0.154. The number of rotatable bonds is 3. The van der Waals surface area contributed by atoms with Gasteiger partial charge in [-0.2, -0.15) is 4.98 Å². The van der Waals surface area contributed by atoms with Gasteiger partial charge in [0.2, 0.25) is 5.95 Å². The molecule has 6 nitrogen and oxygen atoms in total. The van der Waals surface area contributed by atoms with Gasteiger partial charge in [-0.1, -0.05) is 11.2 Å². The molecule has 3 rings (SSSR count). The van der Waals surface area contributed by atoms with Crippen molar-refractivity contribution in [2.45, 2.75) is 13.5 Å². The second-order valence-electron chi connectivity index (χ2n) is 4.35. The van der Waals surface area contributed by atoms with E-state index in [2.05, 4.69) is 20.4 Å². The lowest BCUT2D eigenvalue weighted by Crippen LogP contribution is -2.06. The molecule has 102 valence electrons. The number of halogens is 1. The molecule has 3 aromatic rings. The predicted molar refractivity (Wildman–Crippen MR) is 72.5 cm³/mol. The number of hydrogen-bond donors (Lipinski definition) is 2. The normalized spacial score (nSPS) is 10.9. The van der Waals surface area contributed by atoms with E-state index in [1.54, 1.807) is 18.2 Å². The van der Waals surface area contributed by atoms with Gasteiger partial charge in [0.25, 0.3) is 0 Å². The first-order chi connectivity index (χ1) is 9.63. The van der Waals surface area contributed by atoms with Crippen LogP contribution in [0, 0.1) is 12.7 Å². The molecule has 0 aliphatic carbocycles. The summed E-state index contributed by atoms with van der Waals surface area (Å²) in [5.74, 6) is 0.769. The van der Waals surface area contributed by atoms with Gasteiger partial charge in [-0.25, -0.2) is 9.37 Å². The Morgan fingerprint density at radius 3 is 2.95 bits per heavy atom. The summed E-state index contributed by atoms with van der Waals surface area (Å²) in [4.78, 5) is 8.01. The van der Waals surface area contributed by atoms with Crippen LogP contribution in [0.4, 0.5) is 16.2 Å². The van der Waals surface area contributed by atoms with Crippen LogP contribution in [0.2, 0.25) is 0 Å². The summed E-state index contributed by atoms with van der Waals surface area (Å²) >= 11 is 0. The predicted octanol–water partition coefficient (Wildman–Crippen LogP) is 2.26. The molecule has 3 N–H and O–H groups in total. The minimum Gasteiger partial charge on any atom is -0.368 e. The van der Waals surface area contributed by atoms with E-state index in [0.29, 0.717) is 17.7 Å². The van der Waals surface area contributed by atoms with E-state index in [1.165, 1.54) is 6.07 Å². The molecular formula is C13H12FN5O. The van der Waals surface area contributed by atoms with Crippen molar-refractivity contribution in [2.75, 3.05) is 11.1 Å². The summed E-state index contributed by atoms with van der Waals surface area (Å²) < 4.78 is 18.7.